The van der Waals surface area contributed by atoms with Gasteiger partial charge < -0.3 is 4.90 Å². The van der Waals surface area contributed by atoms with E-state index in [9.17, 15) is 0 Å². The zero-order valence-corrected chi connectivity index (χ0v) is 9.38. The molecule has 0 saturated carbocycles. The minimum atomic E-state index is 0.988. The van der Waals surface area contributed by atoms with Crippen LogP contribution in [0, 0.1) is 11.8 Å². The van der Waals surface area contributed by atoms with Crippen molar-refractivity contribution in [2.75, 3.05) is 26.7 Å². The maximum atomic E-state index is 3.81. The average Bonchev–Trinajstić information content (AvgIpc) is 2.03. The molecule has 2 heteroatoms. The molecule has 3 heterocycles. The summed E-state index contributed by atoms with van der Waals surface area (Å²) in [6.07, 6.45) is 1.50. The fourth-order valence-corrected chi connectivity index (χ4v) is 2.06. The van der Waals surface area contributed by atoms with Crippen LogP contribution in [-0.4, -0.2) is 37.3 Å². The summed E-state index contributed by atoms with van der Waals surface area (Å²) in [5.74, 6) is 2.07. The van der Waals surface area contributed by atoms with Crippen molar-refractivity contribution in [1.29, 1.82) is 0 Å². The van der Waals surface area contributed by atoms with Gasteiger partial charge in [0, 0.05) is 32.4 Å². The van der Waals surface area contributed by atoms with E-state index in [2.05, 4.69) is 16.8 Å². The molecule has 3 aliphatic rings. The molecule has 0 aromatic heterocycles. The second-order valence-corrected chi connectivity index (χ2v) is 4.60. The van der Waals surface area contributed by atoms with Gasteiger partial charge in [0.2, 0.25) is 0 Å². The van der Waals surface area contributed by atoms with E-state index in [1.165, 1.54) is 26.1 Å². The number of nitrogens with zero attached hydrogens (tertiary/aromatic N) is 2. The van der Waals surface area contributed by atoms with Gasteiger partial charge in [-0.25, -0.2) is 0 Å². The standard InChI is InChI=1S/C7H13N.C4H9N/c1-6-2-7-4-8(3-6)5-7;1-4(2)5-3/h6-7H,2-5H2,1H3;1-3H3. The lowest BCUT2D eigenvalue weighted by molar-refractivity contribution is 0.0162. The van der Waals surface area contributed by atoms with Gasteiger partial charge in [0.05, 0.1) is 0 Å². The molecule has 0 amide bonds. The molecular formula is C11H22N2. The van der Waals surface area contributed by atoms with Gasteiger partial charge in [-0.15, -0.1) is 0 Å². The van der Waals surface area contributed by atoms with Gasteiger partial charge in [0.1, 0.15) is 0 Å². The normalized spacial score (nSPS) is 35.2. The van der Waals surface area contributed by atoms with Crippen LogP contribution in [0.4, 0.5) is 0 Å². The number of hydrogen-bond acceptors (Lipinski definition) is 2. The highest BCUT2D eigenvalue weighted by atomic mass is 15.2. The Labute approximate surface area is 82.0 Å². The van der Waals surface area contributed by atoms with Crippen molar-refractivity contribution >= 4 is 5.71 Å². The lowest BCUT2D eigenvalue weighted by Gasteiger charge is -2.47. The maximum Gasteiger partial charge on any atom is 0.0276 e. The topological polar surface area (TPSA) is 15.6 Å². The Morgan fingerprint density at radius 1 is 1.23 bits per heavy atom. The Kier molecular flexibility index (Phi) is 3.91. The molecule has 13 heavy (non-hydrogen) atoms. The fraction of sp³-hybridized carbons (Fsp3) is 0.909. The van der Waals surface area contributed by atoms with E-state index in [1.807, 2.05) is 13.8 Å². The lowest BCUT2D eigenvalue weighted by Crippen LogP contribution is -2.53. The van der Waals surface area contributed by atoms with Crippen molar-refractivity contribution in [3.05, 3.63) is 0 Å². The van der Waals surface area contributed by atoms with Crippen molar-refractivity contribution in [3.63, 3.8) is 0 Å². The minimum Gasteiger partial charge on any atom is -0.302 e. The molecule has 1 atom stereocenters. The SMILES string of the molecule is CC1CC2CN(C1)C2.CN=C(C)C. The number of fused-ring (bicyclic) bond motifs is 2. The molecule has 3 aliphatic heterocycles. The molecule has 0 aliphatic carbocycles. The van der Waals surface area contributed by atoms with Gasteiger partial charge in [-0.05, 0) is 32.1 Å². The van der Waals surface area contributed by atoms with Gasteiger partial charge >= 0.3 is 0 Å². The molecule has 1 unspecified atom stereocenters. The first-order chi connectivity index (χ1) is 6.11. The van der Waals surface area contributed by atoms with E-state index >= 15 is 0 Å². The van der Waals surface area contributed by atoms with Crippen molar-refractivity contribution in [2.45, 2.75) is 27.2 Å². The Bertz CT molecular complexity index is 167. The smallest absolute Gasteiger partial charge is 0.0276 e. The van der Waals surface area contributed by atoms with Crippen LogP contribution in [0.15, 0.2) is 4.99 Å². The zero-order chi connectivity index (χ0) is 9.84. The predicted octanol–water partition coefficient (Wildman–Crippen LogP) is 2.06. The molecule has 3 saturated heterocycles. The molecule has 0 N–H and O–H groups in total. The van der Waals surface area contributed by atoms with Crippen LogP contribution in [0.2, 0.25) is 0 Å². The highest BCUT2D eigenvalue weighted by Crippen LogP contribution is 2.30. The summed E-state index contributed by atoms with van der Waals surface area (Å²) >= 11 is 0. The summed E-state index contributed by atoms with van der Waals surface area (Å²) in [6, 6.07) is 0. The molecule has 0 aromatic rings. The van der Waals surface area contributed by atoms with E-state index < -0.39 is 0 Å². The third-order valence-electron chi connectivity index (χ3n) is 2.79. The van der Waals surface area contributed by atoms with Gasteiger partial charge in [-0.3, -0.25) is 4.99 Å². The van der Waals surface area contributed by atoms with Crippen molar-refractivity contribution in [1.82, 2.24) is 4.90 Å². The van der Waals surface area contributed by atoms with Gasteiger partial charge in [0.25, 0.3) is 0 Å². The van der Waals surface area contributed by atoms with Gasteiger partial charge in [-0.1, -0.05) is 6.92 Å². The van der Waals surface area contributed by atoms with Crippen LogP contribution < -0.4 is 0 Å². The predicted molar refractivity (Wildman–Crippen MR) is 58.4 cm³/mol. The minimum absolute atomic E-state index is 0.988. The summed E-state index contributed by atoms with van der Waals surface area (Å²) in [5, 5.41) is 0. The van der Waals surface area contributed by atoms with Crippen molar-refractivity contribution in [2.24, 2.45) is 16.8 Å². The van der Waals surface area contributed by atoms with Crippen LogP contribution in [0.25, 0.3) is 0 Å². The highest BCUT2D eigenvalue weighted by Gasteiger charge is 2.33. The van der Waals surface area contributed by atoms with E-state index in [1.54, 1.807) is 7.05 Å². The number of rotatable bonds is 0. The largest absolute Gasteiger partial charge is 0.302 e. The Hall–Kier alpha value is -0.370. The van der Waals surface area contributed by atoms with Crippen molar-refractivity contribution < 1.29 is 0 Å². The summed E-state index contributed by atoms with van der Waals surface area (Å²) in [7, 11) is 1.79. The molecule has 2 bridgehead atoms. The Morgan fingerprint density at radius 3 is 1.92 bits per heavy atom. The average molecular weight is 182 g/mol. The first kappa shape index (κ1) is 10.7. The molecule has 0 aromatic carbocycles. The highest BCUT2D eigenvalue weighted by molar-refractivity contribution is 5.78. The van der Waals surface area contributed by atoms with Crippen LogP contribution >= 0.6 is 0 Å². The summed E-state index contributed by atoms with van der Waals surface area (Å²) in [6.45, 7) is 10.5. The van der Waals surface area contributed by atoms with Crippen LogP contribution in [0.5, 0.6) is 0 Å². The molecule has 0 radical (unpaired) electrons. The lowest BCUT2D eigenvalue weighted by atomic mass is 9.83. The maximum absolute atomic E-state index is 3.81. The quantitative estimate of drug-likeness (QED) is 0.524. The van der Waals surface area contributed by atoms with Crippen LogP contribution in [0.3, 0.4) is 0 Å². The van der Waals surface area contributed by atoms with Crippen LogP contribution in [0.1, 0.15) is 27.2 Å². The summed E-state index contributed by atoms with van der Waals surface area (Å²) in [5.41, 5.74) is 1.13. The molecule has 3 fully saturated rings. The van der Waals surface area contributed by atoms with E-state index in [4.69, 9.17) is 0 Å². The third-order valence-corrected chi connectivity index (χ3v) is 2.79. The molecule has 3 rings (SSSR count). The monoisotopic (exact) mass is 182 g/mol. The van der Waals surface area contributed by atoms with Gasteiger partial charge in [0.15, 0.2) is 0 Å². The number of piperidine rings is 2. The number of hydrogen-bond donors (Lipinski definition) is 0. The molecular weight excluding hydrogens is 160 g/mol. The Balaban J connectivity index is 0.000000149. The first-order valence-electron chi connectivity index (χ1n) is 5.24. The fourth-order valence-electron chi connectivity index (χ4n) is 2.06. The van der Waals surface area contributed by atoms with E-state index in [-0.39, 0.29) is 0 Å². The zero-order valence-electron chi connectivity index (χ0n) is 9.38. The second kappa shape index (κ2) is 4.75. The van der Waals surface area contributed by atoms with E-state index in [0.29, 0.717) is 0 Å². The Morgan fingerprint density at radius 2 is 1.77 bits per heavy atom. The molecule has 2 nitrogen and oxygen atoms in total. The second-order valence-electron chi connectivity index (χ2n) is 4.60. The summed E-state index contributed by atoms with van der Waals surface area (Å²) in [4.78, 5) is 6.36. The number of aliphatic imine (C=N–C) groups is 1. The molecule has 76 valence electrons. The van der Waals surface area contributed by atoms with Gasteiger partial charge in [-0.2, -0.15) is 0 Å². The van der Waals surface area contributed by atoms with E-state index in [0.717, 1.165) is 17.5 Å². The third kappa shape index (κ3) is 3.47. The van der Waals surface area contributed by atoms with Crippen molar-refractivity contribution in [3.8, 4) is 0 Å². The first-order valence-corrected chi connectivity index (χ1v) is 5.24. The molecule has 0 spiro atoms. The van der Waals surface area contributed by atoms with Crippen LogP contribution in [-0.2, 0) is 0 Å². The summed E-state index contributed by atoms with van der Waals surface area (Å²) < 4.78 is 0.